The van der Waals surface area contributed by atoms with Crippen LogP contribution in [0.2, 0.25) is 0 Å². The van der Waals surface area contributed by atoms with Crippen LogP contribution in [0, 0.1) is 0 Å². The molecule has 2 aromatic rings. The first-order valence-corrected chi connectivity index (χ1v) is 8.00. The highest BCUT2D eigenvalue weighted by Gasteiger charge is 2.26. The van der Waals surface area contributed by atoms with Gasteiger partial charge >= 0.3 is 12.1 Å². The largest absolute Gasteiger partial charge is 0.480 e. The van der Waals surface area contributed by atoms with Gasteiger partial charge in [0.15, 0.2) is 6.04 Å². The van der Waals surface area contributed by atoms with E-state index in [1.807, 2.05) is 30.3 Å². The Kier molecular flexibility index (Phi) is 4.72. The summed E-state index contributed by atoms with van der Waals surface area (Å²) in [6, 6.07) is 12.6. The first kappa shape index (κ1) is 17.0. The number of fused-ring (bicyclic) bond motifs is 3. The van der Waals surface area contributed by atoms with Crippen molar-refractivity contribution >= 4 is 12.1 Å². The molecule has 0 radical (unpaired) electrons. The standard InChI is InChI=1S/C19H19NO5/c1-11(21)17(18(22)23)20-19(24)25-10-13-6-4-8-15-14-7-3-2-5-12(14)9-16(13)15/h2-8,11,17,21H,9-10H2,1H3,(H,20,24)(H,22,23). The lowest BCUT2D eigenvalue weighted by Gasteiger charge is -2.17. The fourth-order valence-corrected chi connectivity index (χ4v) is 3.06. The molecule has 1 aliphatic rings. The van der Waals surface area contributed by atoms with Crippen molar-refractivity contribution in [1.29, 1.82) is 0 Å². The van der Waals surface area contributed by atoms with Crippen molar-refractivity contribution in [2.45, 2.75) is 32.1 Å². The Labute approximate surface area is 145 Å². The predicted molar refractivity (Wildman–Crippen MR) is 91.1 cm³/mol. The molecule has 0 spiro atoms. The van der Waals surface area contributed by atoms with Gasteiger partial charge in [-0.2, -0.15) is 0 Å². The molecule has 0 heterocycles. The Bertz CT molecular complexity index is 815. The van der Waals surface area contributed by atoms with Gasteiger partial charge in [-0.3, -0.25) is 0 Å². The summed E-state index contributed by atoms with van der Waals surface area (Å²) < 4.78 is 5.16. The number of carbonyl (C=O) groups excluding carboxylic acids is 1. The van der Waals surface area contributed by atoms with Crippen LogP contribution in [0.3, 0.4) is 0 Å². The predicted octanol–water partition coefficient (Wildman–Crippen LogP) is 2.32. The quantitative estimate of drug-likeness (QED) is 0.662. The monoisotopic (exact) mass is 341 g/mol. The highest BCUT2D eigenvalue weighted by molar-refractivity contribution is 5.81. The zero-order valence-electron chi connectivity index (χ0n) is 13.7. The Balaban J connectivity index is 1.69. The average molecular weight is 341 g/mol. The molecule has 1 aliphatic carbocycles. The summed E-state index contributed by atoms with van der Waals surface area (Å²) in [4.78, 5) is 22.8. The lowest BCUT2D eigenvalue weighted by molar-refractivity contribution is -0.142. The molecule has 3 rings (SSSR count). The van der Waals surface area contributed by atoms with Gasteiger partial charge in [0.25, 0.3) is 0 Å². The normalized spacial score (nSPS) is 14.2. The minimum Gasteiger partial charge on any atom is -0.480 e. The second kappa shape index (κ2) is 6.94. The van der Waals surface area contributed by atoms with E-state index in [9.17, 15) is 14.7 Å². The SMILES string of the molecule is CC(O)C(NC(=O)OCc1cccc2c1Cc1ccccc1-2)C(=O)O. The van der Waals surface area contributed by atoms with Gasteiger partial charge in [0.2, 0.25) is 0 Å². The molecule has 0 saturated heterocycles. The number of carbonyl (C=O) groups is 2. The first-order valence-electron chi connectivity index (χ1n) is 8.00. The van der Waals surface area contributed by atoms with Crippen LogP contribution in [0.1, 0.15) is 23.6 Å². The molecule has 0 bridgehead atoms. The van der Waals surface area contributed by atoms with Crippen molar-refractivity contribution < 1.29 is 24.5 Å². The maximum atomic E-state index is 11.8. The molecule has 1 amide bonds. The summed E-state index contributed by atoms with van der Waals surface area (Å²) in [5.41, 5.74) is 5.54. The van der Waals surface area contributed by atoms with Gasteiger partial charge < -0.3 is 20.3 Å². The smallest absolute Gasteiger partial charge is 0.408 e. The van der Waals surface area contributed by atoms with E-state index in [0.29, 0.717) is 0 Å². The molecule has 0 aromatic heterocycles. The molecule has 0 fully saturated rings. The third-order valence-corrected chi connectivity index (χ3v) is 4.33. The summed E-state index contributed by atoms with van der Waals surface area (Å²) >= 11 is 0. The molecule has 25 heavy (non-hydrogen) atoms. The molecule has 2 atom stereocenters. The topological polar surface area (TPSA) is 95.9 Å². The minimum absolute atomic E-state index is 0.0368. The molecular formula is C19H19NO5. The number of aliphatic hydroxyl groups excluding tert-OH is 1. The number of carboxylic acids is 1. The van der Waals surface area contributed by atoms with Crippen LogP contribution >= 0.6 is 0 Å². The summed E-state index contributed by atoms with van der Waals surface area (Å²) in [6.45, 7) is 1.33. The number of hydrogen-bond acceptors (Lipinski definition) is 4. The molecule has 3 N–H and O–H groups in total. The van der Waals surface area contributed by atoms with Gasteiger partial charge in [-0.25, -0.2) is 9.59 Å². The highest BCUT2D eigenvalue weighted by Crippen LogP contribution is 2.38. The zero-order valence-corrected chi connectivity index (χ0v) is 13.7. The van der Waals surface area contributed by atoms with E-state index in [2.05, 4.69) is 17.4 Å². The summed E-state index contributed by atoms with van der Waals surface area (Å²) in [5.74, 6) is -1.32. The van der Waals surface area contributed by atoms with E-state index in [4.69, 9.17) is 9.84 Å². The number of amides is 1. The van der Waals surface area contributed by atoms with E-state index < -0.39 is 24.2 Å². The van der Waals surface area contributed by atoms with E-state index in [1.165, 1.54) is 18.1 Å². The molecule has 0 aliphatic heterocycles. The molecule has 6 heteroatoms. The fraction of sp³-hybridized carbons (Fsp3) is 0.263. The fourth-order valence-electron chi connectivity index (χ4n) is 3.06. The molecule has 2 aromatic carbocycles. The highest BCUT2D eigenvalue weighted by atomic mass is 16.5. The molecule has 0 saturated carbocycles. The van der Waals surface area contributed by atoms with E-state index in [-0.39, 0.29) is 6.61 Å². The number of carboxylic acid groups (broad SMARTS) is 1. The van der Waals surface area contributed by atoms with Crippen LogP contribution in [-0.4, -0.2) is 34.4 Å². The molecule has 6 nitrogen and oxygen atoms in total. The van der Waals surface area contributed by atoms with E-state index in [0.717, 1.165) is 23.1 Å². The van der Waals surface area contributed by atoms with Gasteiger partial charge in [0, 0.05) is 0 Å². The van der Waals surface area contributed by atoms with Crippen LogP contribution in [0.25, 0.3) is 11.1 Å². The third kappa shape index (κ3) is 3.49. The van der Waals surface area contributed by atoms with Gasteiger partial charge in [-0.1, -0.05) is 42.5 Å². The minimum atomic E-state index is -1.40. The number of rotatable bonds is 5. The molecular weight excluding hydrogens is 322 g/mol. The summed E-state index contributed by atoms with van der Waals surface area (Å²) in [5, 5.41) is 20.5. The van der Waals surface area contributed by atoms with Crippen molar-refractivity contribution in [1.82, 2.24) is 5.32 Å². The van der Waals surface area contributed by atoms with Crippen molar-refractivity contribution in [3.63, 3.8) is 0 Å². The van der Waals surface area contributed by atoms with Crippen LogP contribution < -0.4 is 5.32 Å². The Morgan fingerprint density at radius 2 is 1.88 bits per heavy atom. The van der Waals surface area contributed by atoms with Crippen molar-refractivity contribution in [2.75, 3.05) is 0 Å². The van der Waals surface area contributed by atoms with Gasteiger partial charge in [-0.05, 0) is 41.2 Å². The number of alkyl carbamates (subject to hydrolysis) is 1. The lowest BCUT2D eigenvalue weighted by atomic mass is 10.0. The second-order valence-electron chi connectivity index (χ2n) is 6.05. The van der Waals surface area contributed by atoms with Crippen LogP contribution in [0.4, 0.5) is 4.79 Å². The van der Waals surface area contributed by atoms with Gasteiger partial charge in [0.05, 0.1) is 6.10 Å². The molecule has 2 unspecified atom stereocenters. The van der Waals surface area contributed by atoms with Gasteiger partial charge in [0.1, 0.15) is 6.61 Å². The zero-order chi connectivity index (χ0) is 18.0. The Morgan fingerprint density at radius 1 is 1.16 bits per heavy atom. The maximum Gasteiger partial charge on any atom is 0.408 e. The first-order chi connectivity index (χ1) is 12.0. The average Bonchev–Trinajstić information content (AvgIpc) is 2.96. The van der Waals surface area contributed by atoms with E-state index in [1.54, 1.807) is 0 Å². The number of ether oxygens (including phenoxy) is 1. The number of aliphatic carboxylic acids is 1. The number of benzene rings is 2. The molecule has 130 valence electrons. The Hall–Kier alpha value is -2.86. The Morgan fingerprint density at radius 3 is 2.60 bits per heavy atom. The third-order valence-electron chi connectivity index (χ3n) is 4.33. The van der Waals surface area contributed by atoms with E-state index >= 15 is 0 Å². The number of aliphatic hydroxyl groups is 1. The van der Waals surface area contributed by atoms with Crippen LogP contribution in [0.15, 0.2) is 42.5 Å². The van der Waals surface area contributed by atoms with Crippen LogP contribution in [0.5, 0.6) is 0 Å². The lowest BCUT2D eigenvalue weighted by Crippen LogP contribution is -2.47. The number of nitrogens with one attached hydrogen (secondary N) is 1. The van der Waals surface area contributed by atoms with Crippen molar-refractivity contribution in [3.8, 4) is 11.1 Å². The van der Waals surface area contributed by atoms with Crippen LogP contribution in [-0.2, 0) is 22.6 Å². The van der Waals surface area contributed by atoms with Gasteiger partial charge in [-0.15, -0.1) is 0 Å². The van der Waals surface area contributed by atoms with Crippen molar-refractivity contribution in [2.24, 2.45) is 0 Å². The number of hydrogen-bond donors (Lipinski definition) is 3. The van der Waals surface area contributed by atoms with Crippen molar-refractivity contribution in [3.05, 3.63) is 59.2 Å². The summed E-state index contributed by atoms with van der Waals surface area (Å²) in [6.07, 6.45) is -1.32. The second-order valence-corrected chi connectivity index (χ2v) is 6.05. The maximum absolute atomic E-state index is 11.8. The summed E-state index contributed by atoms with van der Waals surface area (Å²) in [7, 11) is 0.